The molecule has 0 aliphatic carbocycles. The number of hydrogen-bond donors (Lipinski definition) is 2. The Morgan fingerprint density at radius 2 is 2.15 bits per heavy atom. The Balaban J connectivity index is 1.89. The molecular formula is C15H17FN2O2. The van der Waals surface area contributed by atoms with Gasteiger partial charge in [-0.25, -0.2) is 4.39 Å². The van der Waals surface area contributed by atoms with Crippen molar-refractivity contribution in [2.45, 2.75) is 25.8 Å². The molecule has 106 valence electrons. The van der Waals surface area contributed by atoms with Gasteiger partial charge in [0.15, 0.2) is 0 Å². The van der Waals surface area contributed by atoms with Crippen molar-refractivity contribution in [2.75, 3.05) is 13.2 Å². The first-order chi connectivity index (χ1) is 9.66. The van der Waals surface area contributed by atoms with Crippen LogP contribution in [0.1, 0.15) is 28.8 Å². The highest BCUT2D eigenvalue weighted by atomic mass is 19.1. The second kappa shape index (κ2) is 5.25. The van der Waals surface area contributed by atoms with Gasteiger partial charge in [0.1, 0.15) is 5.82 Å². The van der Waals surface area contributed by atoms with Crippen molar-refractivity contribution in [3.63, 3.8) is 0 Å². The van der Waals surface area contributed by atoms with Crippen LogP contribution in [0.4, 0.5) is 4.39 Å². The fourth-order valence-electron chi connectivity index (χ4n) is 2.63. The van der Waals surface area contributed by atoms with E-state index in [-0.39, 0.29) is 17.8 Å². The maximum Gasteiger partial charge on any atom is 0.253 e. The smallest absolute Gasteiger partial charge is 0.253 e. The number of benzene rings is 1. The molecular weight excluding hydrogens is 259 g/mol. The number of rotatable bonds is 2. The largest absolute Gasteiger partial charge is 0.381 e. The van der Waals surface area contributed by atoms with Crippen LogP contribution in [0.3, 0.4) is 0 Å². The third-order valence-electron chi connectivity index (χ3n) is 3.79. The number of aromatic nitrogens is 1. The highest BCUT2D eigenvalue weighted by molar-refractivity contribution is 6.07. The number of carbonyl (C=O) groups excluding carboxylic acids is 1. The lowest BCUT2D eigenvalue weighted by atomic mass is 10.1. The maximum absolute atomic E-state index is 14.0. The van der Waals surface area contributed by atoms with Gasteiger partial charge in [-0.1, -0.05) is 6.07 Å². The van der Waals surface area contributed by atoms with Crippen LogP contribution in [0.2, 0.25) is 0 Å². The zero-order chi connectivity index (χ0) is 14.1. The molecule has 2 heterocycles. The number of H-pyrrole nitrogens is 1. The quantitative estimate of drug-likeness (QED) is 0.885. The normalized spacial score (nSPS) is 16.5. The van der Waals surface area contributed by atoms with Gasteiger partial charge in [0.05, 0.1) is 11.1 Å². The minimum Gasteiger partial charge on any atom is -0.381 e. The molecule has 0 bridgehead atoms. The third kappa shape index (κ3) is 2.29. The average Bonchev–Trinajstić information content (AvgIpc) is 2.90. The van der Waals surface area contributed by atoms with Gasteiger partial charge in [-0.3, -0.25) is 4.79 Å². The summed E-state index contributed by atoms with van der Waals surface area (Å²) in [5, 5.41) is 3.32. The van der Waals surface area contributed by atoms with Crippen LogP contribution in [0.25, 0.3) is 10.9 Å². The van der Waals surface area contributed by atoms with Gasteiger partial charge in [0.2, 0.25) is 0 Å². The number of aromatic amines is 1. The van der Waals surface area contributed by atoms with E-state index in [0.29, 0.717) is 29.7 Å². The lowest BCUT2D eigenvalue weighted by Gasteiger charge is -2.22. The molecule has 2 aromatic rings. The van der Waals surface area contributed by atoms with Gasteiger partial charge >= 0.3 is 0 Å². The molecule has 4 nitrogen and oxygen atoms in total. The van der Waals surface area contributed by atoms with Crippen LogP contribution in [-0.2, 0) is 4.74 Å². The molecule has 0 radical (unpaired) electrons. The minimum absolute atomic E-state index is 0.106. The van der Waals surface area contributed by atoms with Crippen LogP contribution in [0, 0.1) is 12.7 Å². The van der Waals surface area contributed by atoms with E-state index >= 15 is 0 Å². The monoisotopic (exact) mass is 276 g/mol. The zero-order valence-corrected chi connectivity index (χ0v) is 11.3. The Bertz CT molecular complexity index is 645. The molecule has 1 fully saturated rings. The standard InChI is InChI=1S/C15H17FN2O2/c1-9-2-3-12(16)13-11(8-17-14(9)13)15(19)18-10-4-6-20-7-5-10/h2-3,8,10,17H,4-7H2,1H3,(H,18,19). The summed E-state index contributed by atoms with van der Waals surface area (Å²) in [7, 11) is 0. The predicted molar refractivity (Wildman–Crippen MR) is 74.3 cm³/mol. The SMILES string of the molecule is Cc1ccc(F)c2c(C(=O)NC3CCOCC3)c[nH]c12. The highest BCUT2D eigenvalue weighted by Gasteiger charge is 2.21. The number of hydrogen-bond acceptors (Lipinski definition) is 2. The molecule has 20 heavy (non-hydrogen) atoms. The van der Waals surface area contributed by atoms with E-state index < -0.39 is 0 Å². The van der Waals surface area contributed by atoms with E-state index in [2.05, 4.69) is 10.3 Å². The first kappa shape index (κ1) is 13.1. The highest BCUT2D eigenvalue weighted by Crippen LogP contribution is 2.24. The molecule has 1 aliphatic heterocycles. The third-order valence-corrected chi connectivity index (χ3v) is 3.79. The van der Waals surface area contributed by atoms with Crippen LogP contribution in [0.5, 0.6) is 0 Å². The zero-order valence-electron chi connectivity index (χ0n) is 11.3. The predicted octanol–water partition coefficient (Wildman–Crippen LogP) is 2.52. The number of amides is 1. The summed E-state index contributed by atoms with van der Waals surface area (Å²) in [6.07, 6.45) is 3.18. The molecule has 1 aromatic heterocycles. The van der Waals surface area contributed by atoms with Crippen LogP contribution < -0.4 is 5.32 Å². The molecule has 2 N–H and O–H groups in total. The fourth-order valence-corrected chi connectivity index (χ4v) is 2.63. The topological polar surface area (TPSA) is 54.1 Å². The van der Waals surface area contributed by atoms with Crippen LogP contribution in [-0.4, -0.2) is 30.1 Å². The molecule has 1 aliphatic rings. The van der Waals surface area contributed by atoms with E-state index in [1.54, 1.807) is 12.3 Å². The number of ether oxygens (including phenoxy) is 1. The Morgan fingerprint density at radius 1 is 1.40 bits per heavy atom. The van der Waals surface area contributed by atoms with E-state index in [4.69, 9.17) is 4.74 Å². The van der Waals surface area contributed by atoms with Gasteiger partial charge in [0, 0.05) is 30.8 Å². The van der Waals surface area contributed by atoms with Crippen LogP contribution >= 0.6 is 0 Å². The molecule has 0 atom stereocenters. The van der Waals surface area contributed by atoms with Gasteiger partial charge in [-0.2, -0.15) is 0 Å². The van der Waals surface area contributed by atoms with Gasteiger partial charge in [0.25, 0.3) is 5.91 Å². The van der Waals surface area contributed by atoms with Gasteiger partial charge < -0.3 is 15.0 Å². The maximum atomic E-state index is 14.0. The van der Waals surface area contributed by atoms with Crippen molar-refractivity contribution < 1.29 is 13.9 Å². The summed E-state index contributed by atoms with van der Waals surface area (Å²) in [4.78, 5) is 15.3. The average molecular weight is 276 g/mol. The van der Waals surface area contributed by atoms with Crippen molar-refractivity contribution >= 4 is 16.8 Å². The molecule has 1 amide bonds. The summed E-state index contributed by atoms with van der Waals surface area (Å²) < 4.78 is 19.2. The Labute approximate surface area is 116 Å². The summed E-state index contributed by atoms with van der Waals surface area (Å²) in [5.74, 6) is -0.600. The second-order valence-corrected chi connectivity index (χ2v) is 5.18. The Kier molecular flexibility index (Phi) is 3.44. The summed E-state index contributed by atoms with van der Waals surface area (Å²) in [5.41, 5.74) is 1.97. The molecule has 5 heteroatoms. The first-order valence-electron chi connectivity index (χ1n) is 6.81. The number of aryl methyl sites for hydroxylation is 1. The fraction of sp³-hybridized carbons (Fsp3) is 0.400. The number of nitrogens with one attached hydrogen (secondary N) is 2. The lowest BCUT2D eigenvalue weighted by Crippen LogP contribution is -2.38. The minimum atomic E-state index is -0.371. The van der Waals surface area contributed by atoms with E-state index in [9.17, 15) is 9.18 Å². The summed E-state index contributed by atoms with van der Waals surface area (Å²) >= 11 is 0. The second-order valence-electron chi connectivity index (χ2n) is 5.18. The summed E-state index contributed by atoms with van der Waals surface area (Å²) in [6, 6.07) is 3.21. The van der Waals surface area contributed by atoms with Gasteiger partial charge in [-0.15, -0.1) is 0 Å². The molecule has 1 aromatic carbocycles. The number of halogens is 1. The van der Waals surface area contributed by atoms with Gasteiger partial charge in [-0.05, 0) is 31.4 Å². The molecule has 1 saturated heterocycles. The van der Waals surface area contributed by atoms with Crippen molar-refractivity contribution in [2.24, 2.45) is 0 Å². The van der Waals surface area contributed by atoms with Crippen molar-refractivity contribution in [3.05, 3.63) is 35.3 Å². The van der Waals surface area contributed by atoms with Crippen molar-refractivity contribution in [3.8, 4) is 0 Å². The number of fused-ring (bicyclic) bond motifs is 1. The van der Waals surface area contributed by atoms with E-state index in [0.717, 1.165) is 18.4 Å². The first-order valence-corrected chi connectivity index (χ1v) is 6.81. The van der Waals surface area contributed by atoms with E-state index in [1.165, 1.54) is 6.07 Å². The van der Waals surface area contributed by atoms with Crippen LogP contribution in [0.15, 0.2) is 18.3 Å². The van der Waals surface area contributed by atoms with Crippen molar-refractivity contribution in [1.82, 2.24) is 10.3 Å². The molecule has 0 spiro atoms. The molecule has 3 rings (SSSR count). The van der Waals surface area contributed by atoms with Crippen molar-refractivity contribution in [1.29, 1.82) is 0 Å². The number of carbonyl (C=O) groups is 1. The summed E-state index contributed by atoms with van der Waals surface area (Å²) in [6.45, 7) is 3.21. The Hall–Kier alpha value is -1.88. The molecule has 0 unspecified atom stereocenters. The molecule has 0 saturated carbocycles. The van der Waals surface area contributed by atoms with E-state index in [1.807, 2.05) is 6.92 Å². The Morgan fingerprint density at radius 3 is 2.90 bits per heavy atom. The lowest BCUT2D eigenvalue weighted by molar-refractivity contribution is 0.0697.